The van der Waals surface area contributed by atoms with E-state index < -0.39 is 11.2 Å². The highest BCUT2D eigenvalue weighted by molar-refractivity contribution is 5.95. The molecule has 1 amide bonds. The lowest BCUT2D eigenvalue weighted by Gasteiger charge is -2.35. The predicted octanol–water partition coefficient (Wildman–Crippen LogP) is 0.802. The van der Waals surface area contributed by atoms with Crippen molar-refractivity contribution in [1.82, 2.24) is 18.7 Å². The molecule has 0 bridgehead atoms. The van der Waals surface area contributed by atoms with E-state index in [2.05, 4.69) is 4.98 Å². The molecular formula is C19H21N5O3. The summed E-state index contributed by atoms with van der Waals surface area (Å²) in [6.45, 7) is 1.68. The second kappa shape index (κ2) is 6.22. The molecule has 8 nitrogen and oxygen atoms in total. The number of nitrogens with zero attached hydrogens (tertiary/aromatic N) is 5. The summed E-state index contributed by atoms with van der Waals surface area (Å²) >= 11 is 0. The van der Waals surface area contributed by atoms with Crippen molar-refractivity contribution in [3.63, 3.8) is 0 Å². The number of aryl methyl sites for hydroxylation is 3. The van der Waals surface area contributed by atoms with Crippen LogP contribution in [0.2, 0.25) is 0 Å². The van der Waals surface area contributed by atoms with Gasteiger partial charge in [0.15, 0.2) is 11.2 Å². The van der Waals surface area contributed by atoms with Gasteiger partial charge < -0.3 is 9.47 Å². The van der Waals surface area contributed by atoms with Crippen LogP contribution >= 0.6 is 0 Å². The standard InChI is InChI=1S/C19H21N5O3/c1-12-8-9-13-6-4-5-7-14(13)24(12)15(25)10-23-18(26)16-17(20-11-21(16)2)22(3)19(23)27/h4-7,11-12H,8-10H2,1-3H3. The van der Waals surface area contributed by atoms with E-state index in [0.29, 0.717) is 11.2 Å². The average molecular weight is 367 g/mol. The largest absolute Gasteiger partial charge is 0.332 e. The zero-order valence-electron chi connectivity index (χ0n) is 15.5. The number of aromatic nitrogens is 4. The van der Waals surface area contributed by atoms with Gasteiger partial charge in [-0.1, -0.05) is 18.2 Å². The summed E-state index contributed by atoms with van der Waals surface area (Å²) in [5.41, 5.74) is 1.53. The molecule has 4 rings (SSSR count). The fourth-order valence-corrected chi connectivity index (χ4v) is 3.82. The highest BCUT2D eigenvalue weighted by atomic mass is 16.2. The summed E-state index contributed by atoms with van der Waals surface area (Å²) in [6.07, 6.45) is 3.24. The van der Waals surface area contributed by atoms with Crippen molar-refractivity contribution in [2.24, 2.45) is 14.1 Å². The van der Waals surface area contributed by atoms with E-state index in [4.69, 9.17) is 0 Å². The molecule has 1 aliphatic rings. The first-order valence-electron chi connectivity index (χ1n) is 8.91. The van der Waals surface area contributed by atoms with E-state index >= 15 is 0 Å². The minimum Gasteiger partial charge on any atom is -0.328 e. The molecule has 0 radical (unpaired) electrons. The molecule has 1 aliphatic heterocycles. The van der Waals surface area contributed by atoms with Crippen LogP contribution in [-0.4, -0.2) is 30.6 Å². The number of anilines is 1. The maximum atomic E-state index is 13.1. The summed E-state index contributed by atoms with van der Waals surface area (Å²) in [6, 6.07) is 7.77. The Balaban J connectivity index is 1.79. The normalized spacial score (nSPS) is 16.6. The molecule has 0 N–H and O–H groups in total. The van der Waals surface area contributed by atoms with Crippen LogP contribution in [0.1, 0.15) is 18.9 Å². The summed E-state index contributed by atoms with van der Waals surface area (Å²) < 4.78 is 3.87. The number of rotatable bonds is 2. The number of carbonyl (C=O) groups is 1. The van der Waals surface area contributed by atoms with Gasteiger partial charge in [0.1, 0.15) is 6.54 Å². The fourth-order valence-electron chi connectivity index (χ4n) is 3.82. The zero-order chi connectivity index (χ0) is 19.3. The Bertz CT molecular complexity index is 1170. The third-order valence-electron chi connectivity index (χ3n) is 5.29. The maximum absolute atomic E-state index is 13.1. The zero-order valence-corrected chi connectivity index (χ0v) is 15.5. The molecule has 0 spiro atoms. The van der Waals surface area contributed by atoms with Crippen LogP contribution in [0.15, 0.2) is 40.2 Å². The Hall–Kier alpha value is -3.16. The average Bonchev–Trinajstić information content (AvgIpc) is 3.05. The Morgan fingerprint density at radius 3 is 2.74 bits per heavy atom. The topological polar surface area (TPSA) is 82.1 Å². The molecule has 8 heteroatoms. The van der Waals surface area contributed by atoms with E-state index in [1.54, 1.807) is 23.6 Å². The van der Waals surface area contributed by atoms with Crippen molar-refractivity contribution in [1.29, 1.82) is 0 Å². The highest BCUT2D eigenvalue weighted by Crippen LogP contribution is 2.30. The molecule has 1 atom stereocenters. The number of carbonyl (C=O) groups excluding carboxylic acids is 1. The van der Waals surface area contributed by atoms with Crippen LogP contribution in [0.3, 0.4) is 0 Å². The Morgan fingerprint density at radius 2 is 1.96 bits per heavy atom. The van der Waals surface area contributed by atoms with Gasteiger partial charge in [0, 0.05) is 25.8 Å². The van der Waals surface area contributed by atoms with Crippen molar-refractivity contribution >= 4 is 22.8 Å². The number of imidazole rings is 1. The van der Waals surface area contributed by atoms with Crippen LogP contribution < -0.4 is 16.1 Å². The van der Waals surface area contributed by atoms with Crippen molar-refractivity contribution in [3.05, 3.63) is 57.0 Å². The third-order valence-corrected chi connectivity index (χ3v) is 5.29. The second-order valence-electron chi connectivity index (χ2n) is 7.04. The van der Waals surface area contributed by atoms with Crippen LogP contribution in [0.5, 0.6) is 0 Å². The van der Waals surface area contributed by atoms with E-state index in [1.165, 1.54) is 10.9 Å². The number of hydrogen-bond acceptors (Lipinski definition) is 4. The predicted molar refractivity (Wildman–Crippen MR) is 102 cm³/mol. The number of fused-ring (bicyclic) bond motifs is 2. The Kier molecular flexibility index (Phi) is 3.98. The molecular weight excluding hydrogens is 346 g/mol. The molecule has 0 fully saturated rings. The molecule has 0 saturated heterocycles. The maximum Gasteiger partial charge on any atom is 0.332 e. The minimum absolute atomic E-state index is 0.00684. The van der Waals surface area contributed by atoms with Gasteiger partial charge in [0.25, 0.3) is 5.56 Å². The van der Waals surface area contributed by atoms with Crippen molar-refractivity contribution in [3.8, 4) is 0 Å². The molecule has 0 aliphatic carbocycles. The quantitative estimate of drug-likeness (QED) is 0.671. The first kappa shape index (κ1) is 17.3. The number of benzene rings is 1. The SMILES string of the molecule is CC1CCc2ccccc2N1C(=O)Cn1c(=O)c2c(ncn2C)n(C)c1=O. The second-order valence-corrected chi connectivity index (χ2v) is 7.04. The lowest BCUT2D eigenvalue weighted by atomic mass is 9.96. The lowest BCUT2D eigenvalue weighted by molar-refractivity contribution is -0.119. The van der Waals surface area contributed by atoms with E-state index in [9.17, 15) is 14.4 Å². The van der Waals surface area contributed by atoms with Gasteiger partial charge in [-0.25, -0.2) is 14.3 Å². The van der Waals surface area contributed by atoms with Crippen molar-refractivity contribution < 1.29 is 4.79 Å². The van der Waals surface area contributed by atoms with Crippen LogP contribution in [0.25, 0.3) is 11.2 Å². The molecule has 1 unspecified atom stereocenters. The smallest absolute Gasteiger partial charge is 0.328 e. The summed E-state index contributed by atoms with van der Waals surface area (Å²) in [5.74, 6) is -0.268. The van der Waals surface area contributed by atoms with Crippen LogP contribution in [0, 0.1) is 0 Å². The summed E-state index contributed by atoms with van der Waals surface area (Å²) in [4.78, 5) is 44.4. The number of para-hydroxylation sites is 1. The fraction of sp³-hybridized carbons (Fsp3) is 0.368. The number of hydrogen-bond donors (Lipinski definition) is 0. The summed E-state index contributed by atoms with van der Waals surface area (Å²) in [5, 5.41) is 0. The van der Waals surface area contributed by atoms with Gasteiger partial charge in [-0.2, -0.15) is 0 Å². The van der Waals surface area contributed by atoms with Crippen molar-refractivity contribution in [2.75, 3.05) is 4.90 Å². The first-order chi connectivity index (χ1) is 12.9. The van der Waals surface area contributed by atoms with E-state index in [0.717, 1.165) is 28.7 Å². The lowest BCUT2D eigenvalue weighted by Crippen LogP contribution is -2.48. The third kappa shape index (κ3) is 2.59. The van der Waals surface area contributed by atoms with Gasteiger partial charge in [-0.3, -0.25) is 14.2 Å². The molecule has 1 aromatic carbocycles. The Morgan fingerprint density at radius 1 is 1.22 bits per heavy atom. The van der Waals surface area contributed by atoms with Gasteiger partial charge in [-0.15, -0.1) is 0 Å². The summed E-state index contributed by atoms with van der Waals surface area (Å²) in [7, 11) is 3.24. The van der Waals surface area contributed by atoms with Crippen molar-refractivity contribution in [2.45, 2.75) is 32.4 Å². The number of amides is 1. The first-order valence-corrected chi connectivity index (χ1v) is 8.91. The molecule has 3 heterocycles. The monoisotopic (exact) mass is 367 g/mol. The molecule has 140 valence electrons. The Labute approximate surface area is 155 Å². The molecule has 3 aromatic rings. The van der Waals surface area contributed by atoms with E-state index in [1.807, 2.05) is 31.2 Å². The van der Waals surface area contributed by atoms with Crippen LogP contribution in [0.4, 0.5) is 5.69 Å². The van der Waals surface area contributed by atoms with Gasteiger partial charge in [-0.05, 0) is 31.4 Å². The molecule has 2 aromatic heterocycles. The van der Waals surface area contributed by atoms with Crippen LogP contribution in [-0.2, 0) is 31.9 Å². The minimum atomic E-state index is -0.544. The van der Waals surface area contributed by atoms with Gasteiger partial charge >= 0.3 is 5.69 Å². The molecule has 27 heavy (non-hydrogen) atoms. The van der Waals surface area contributed by atoms with Gasteiger partial charge in [0.05, 0.1) is 6.33 Å². The molecule has 0 saturated carbocycles. The van der Waals surface area contributed by atoms with Gasteiger partial charge in [0.2, 0.25) is 5.91 Å². The van der Waals surface area contributed by atoms with E-state index in [-0.39, 0.29) is 18.5 Å². The highest BCUT2D eigenvalue weighted by Gasteiger charge is 2.29.